The van der Waals surface area contributed by atoms with Crippen molar-refractivity contribution in [1.82, 2.24) is 14.9 Å². The number of rotatable bonds is 4. The topological polar surface area (TPSA) is 33.1 Å². The highest BCUT2D eigenvalue weighted by atomic mass is 35.5. The molecular formula is C27H25ClN4S. The van der Waals surface area contributed by atoms with Gasteiger partial charge in [-0.1, -0.05) is 35.4 Å². The Morgan fingerprint density at radius 2 is 1.61 bits per heavy atom. The lowest BCUT2D eigenvalue weighted by Gasteiger charge is -2.28. The molecule has 0 saturated carbocycles. The van der Waals surface area contributed by atoms with Gasteiger partial charge in [0.05, 0.1) is 17.8 Å². The van der Waals surface area contributed by atoms with Crippen molar-refractivity contribution >= 4 is 34.6 Å². The predicted octanol–water partition coefficient (Wildman–Crippen LogP) is 6.63. The molecule has 0 aliphatic carbocycles. The van der Waals surface area contributed by atoms with Gasteiger partial charge in [0, 0.05) is 34.0 Å². The molecule has 0 amide bonds. The molecule has 3 heterocycles. The Balaban J connectivity index is 1.67. The van der Waals surface area contributed by atoms with Gasteiger partial charge < -0.3 is 14.8 Å². The van der Waals surface area contributed by atoms with Crippen LogP contribution in [0.3, 0.4) is 0 Å². The van der Waals surface area contributed by atoms with Gasteiger partial charge >= 0.3 is 0 Å². The van der Waals surface area contributed by atoms with Crippen LogP contribution < -0.4 is 10.2 Å². The molecule has 0 bridgehead atoms. The van der Waals surface area contributed by atoms with Crippen LogP contribution in [0.5, 0.6) is 0 Å². The molecule has 33 heavy (non-hydrogen) atoms. The first-order chi connectivity index (χ1) is 15.9. The number of nitrogens with zero attached hydrogens (tertiary/aromatic N) is 3. The Morgan fingerprint density at radius 1 is 0.909 bits per heavy atom. The second kappa shape index (κ2) is 8.65. The van der Waals surface area contributed by atoms with E-state index in [1.54, 1.807) is 0 Å². The van der Waals surface area contributed by atoms with Crippen molar-refractivity contribution < 1.29 is 0 Å². The van der Waals surface area contributed by atoms with Crippen molar-refractivity contribution in [2.75, 3.05) is 4.90 Å². The minimum absolute atomic E-state index is 0.0565. The fraction of sp³-hybridized carbons (Fsp3) is 0.185. The lowest BCUT2D eigenvalue weighted by Crippen LogP contribution is -2.29. The molecule has 2 atom stereocenters. The third-order valence-electron chi connectivity index (χ3n) is 6.28. The molecule has 0 unspecified atom stereocenters. The first-order valence-electron chi connectivity index (χ1n) is 11.0. The maximum atomic E-state index is 6.18. The fourth-order valence-corrected chi connectivity index (χ4v) is 5.20. The summed E-state index contributed by atoms with van der Waals surface area (Å²) in [5, 5.41) is 4.92. The molecule has 4 nitrogen and oxygen atoms in total. The Kier molecular flexibility index (Phi) is 5.69. The number of hydrogen-bond donors (Lipinski definition) is 1. The second-order valence-electron chi connectivity index (χ2n) is 8.47. The predicted molar refractivity (Wildman–Crippen MR) is 139 cm³/mol. The summed E-state index contributed by atoms with van der Waals surface area (Å²) in [7, 11) is 0. The number of thiocarbonyl (C=S) groups is 1. The smallest absolute Gasteiger partial charge is 0.174 e. The Hall–Kier alpha value is -3.15. The van der Waals surface area contributed by atoms with Crippen LogP contribution in [0.25, 0.3) is 5.69 Å². The average molecular weight is 473 g/mol. The Morgan fingerprint density at radius 3 is 2.27 bits per heavy atom. The molecule has 0 radical (unpaired) electrons. The quantitative estimate of drug-likeness (QED) is 0.338. The van der Waals surface area contributed by atoms with E-state index < -0.39 is 0 Å². The molecule has 6 heteroatoms. The fourth-order valence-electron chi connectivity index (χ4n) is 4.73. The molecule has 5 rings (SSSR count). The second-order valence-corrected chi connectivity index (χ2v) is 9.29. The van der Waals surface area contributed by atoms with Crippen molar-refractivity contribution in [3.63, 3.8) is 0 Å². The van der Waals surface area contributed by atoms with Gasteiger partial charge in [-0.3, -0.25) is 4.98 Å². The summed E-state index contributed by atoms with van der Waals surface area (Å²) in [5.41, 5.74) is 7.94. The number of anilines is 1. The largest absolute Gasteiger partial charge is 0.351 e. The van der Waals surface area contributed by atoms with E-state index >= 15 is 0 Å². The van der Waals surface area contributed by atoms with Crippen molar-refractivity contribution in [3.05, 3.63) is 112 Å². The van der Waals surface area contributed by atoms with Gasteiger partial charge in [0.25, 0.3) is 0 Å². The van der Waals surface area contributed by atoms with Crippen LogP contribution in [0, 0.1) is 20.8 Å². The van der Waals surface area contributed by atoms with E-state index in [9.17, 15) is 0 Å². The molecule has 1 saturated heterocycles. The average Bonchev–Trinajstić information content (AvgIpc) is 3.31. The molecule has 4 aromatic rings. The van der Waals surface area contributed by atoms with Gasteiger partial charge in [0.1, 0.15) is 0 Å². The van der Waals surface area contributed by atoms with Crippen LogP contribution in [0.1, 0.15) is 40.3 Å². The van der Waals surface area contributed by atoms with E-state index in [4.69, 9.17) is 23.8 Å². The molecule has 1 aliphatic rings. The van der Waals surface area contributed by atoms with Crippen molar-refractivity contribution in [2.45, 2.75) is 32.9 Å². The van der Waals surface area contributed by atoms with E-state index in [1.165, 1.54) is 22.5 Å². The van der Waals surface area contributed by atoms with Crippen LogP contribution in [0.2, 0.25) is 5.02 Å². The summed E-state index contributed by atoms with van der Waals surface area (Å²) in [6.07, 6.45) is 1.83. The molecule has 2 aromatic carbocycles. The van der Waals surface area contributed by atoms with Crippen molar-refractivity contribution in [1.29, 1.82) is 0 Å². The van der Waals surface area contributed by atoms with Gasteiger partial charge in [0.2, 0.25) is 0 Å². The van der Waals surface area contributed by atoms with E-state index in [1.807, 2.05) is 42.6 Å². The number of benzene rings is 2. The van der Waals surface area contributed by atoms with Gasteiger partial charge in [-0.2, -0.15) is 0 Å². The molecular weight excluding hydrogens is 448 g/mol. The maximum absolute atomic E-state index is 6.18. The number of pyridine rings is 1. The third kappa shape index (κ3) is 3.92. The van der Waals surface area contributed by atoms with Crippen LogP contribution >= 0.6 is 23.8 Å². The lowest BCUT2D eigenvalue weighted by molar-refractivity contribution is 0.565. The van der Waals surface area contributed by atoms with E-state index in [-0.39, 0.29) is 12.1 Å². The molecule has 0 spiro atoms. The van der Waals surface area contributed by atoms with Crippen LogP contribution in [-0.2, 0) is 0 Å². The summed E-state index contributed by atoms with van der Waals surface area (Å²) in [4.78, 5) is 6.85. The molecule has 2 aromatic heterocycles. The molecule has 166 valence electrons. The zero-order chi connectivity index (χ0) is 23.1. The highest BCUT2D eigenvalue weighted by Gasteiger charge is 2.42. The number of nitrogens with one attached hydrogen (secondary N) is 1. The van der Waals surface area contributed by atoms with Crippen LogP contribution in [-0.4, -0.2) is 14.7 Å². The minimum Gasteiger partial charge on any atom is -0.351 e. The number of hydrogen-bond acceptors (Lipinski definition) is 2. The van der Waals surface area contributed by atoms with E-state index in [0.717, 1.165) is 17.1 Å². The van der Waals surface area contributed by atoms with Crippen molar-refractivity contribution in [3.8, 4) is 5.69 Å². The normalized spacial score (nSPS) is 17.9. The molecule has 1 aliphatic heterocycles. The highest BCUT2D eigenvalue weighted by Crippen LogP contribution is 2.43. The zero-order valence-electron chi connectivity index (χ0n) is 18.8. The Bertz CT molecular complexity index is 1300. The lowest BCUT2D eigenvalue weighted by atomic mass is 9.96. The number of aryl methyl sites for hydroxylation is 2. The number of aromatic nitrogens is 2. The first kappa shape index (κ1) is 21.7. The van der Waals surface area contributed by atoms with Crippen LogP contribution in [0.4, 0.5) is 5.69 Å². The SMILES string of the molecule is Cc1ccc(-n2c(C)cc([C@@H]3[C@H](c4ccccn4)NC(=S)N3c3ccc(Cl)cc3)c2C)cc1. The van der Waals surface area contributed by atoms with E-state index in [2.05, 4.69) is 76.9 Å². The van der Waals surface area contributed by atoms with Gasteiger partial charge in [0.15, 0.2) is 5.11 Å². The monoisotopic (exact) mass is 472 g/mol. The maximum Gasteiger partial charge on any atom is 0.174 e. The standard InChI is InChI=1S/C27H25ClN4S/c1-17-7-11-21(12-8-17)31-18(2)16-23(19(31)3)26-25(24-6-4-5-15-29-24)30-27(33)32(26)22-13-9-20(28)10-14-22/h4-16,25-26H,1-3H3,(H,30,33)/t25-,26+/m0/s1. The summed E-state index contributed by atoms with van der Waals surface area (Å²) in [5.74, 6) is 0. The summed E-state index contributed by atoms with van der Waals surface area (Å²) in [6.45, 7) is 6.44. The molecule has 1 N–H and O–H groups in total. The summed E-state index contributed by atoms with van der Waals surface area (Å²) in [6, 6.07) is 24.6. The molecule has 1 fully saturated rings. The van der Waals surface area contributed by atoms with Gasteiger partial charge in [-0.15, -0.1) is 0 Å². The third-order valence-corrected chi connectivity index (χ3v) is 6.85. The van der Waals surface area contributed by atoms with E-state index in [0.29, 0.717) is 10.1 Å². The van der Waals surface area contributed by atoms with Crippen molar-refractivity contribution in [2.24, 2.45) is 0 Å². The summed E-state index contributed by atoms with van der Waals surface area (Å²) < 4.78 is 2.31. The minimum atomic E-state index is -0.0821. The Labute approximate surface area is 204 Å². The number of halogens is 1. The summed E-state index contributed by atoms with van der Waals surface area (Å²) >= 11 is 12.0. The van der Waals surface area contributed by atoms with Gasteiger partial charge in [-0.25, -0.2) is 0 Å². The van der Waals surface area contributed by atoms with Crippen LogP contribution in [0.15, 0.2) is 79.0 Å². The first-order valence-corrected chi connectivity index (χ1v) is 11.7. The van der Waals surface area contributed by atoms with Gasteiger partial charge in [-0.05, 0) is 93.1 Å². The zero-order valence-corrected chi connectivity index (χ0v) is 20.4. The highest BCUT2D eigenvalue weighted by molar-refractivity contribution is 7.80.